The molecule has 28 heavy (non-hydrogen) atoms. The first kappa shape index (κ1) is 22.2. The molecule has 0 unspecified atom stereocenters. The molecule has 1 aromatic heterocycles. The standard InChI is InChI=1S/C22H34N2O4/c1-5-18-16(4)13-17(21(28)24(18)12-9-15(2)3)20(27)23-22(14-19(25)26)10-7-6-8-11-22/h13,15H,5-12,14H2,1-4H3,(H,23,27)(H,25,26). The number of pyridine rings is 1. The maximum atomic E-state index is 13.1. The van der Waals surface area contributed by atoms with E-state index in [1.54, 1.807) is 10.6 Å². The highest BCUT2D eigenvalue weighted by Crippen LogP contribution is 2.31. The van der Waals surface area contributed by atoms with Crippen molar-refractivity contribution in [3.63, 3.8) is 0 Å². The minimum Gasteiger partial charge on any atom is -0.481 e. The number of carbonyl (C=O) groups excluding carboxylic acids is 1. The molecule has 6 heteroatoms. The van der Waals surface area contributed by atoms with Gasteiger partial charge in [0.05, 0.1) is 12.0 Å². The lowest BCUT2D eigenvalue weighted by Gasteiger charge is -2.37. The number of hydrogen-bond acceptors (Lipinski definition) is 3. The highest BCUT2D eigenvalue weighted by atomic mass is 16.4. The fourth-order valence-electron chi connectivity index (χ4n) is 4.27. The van der Waals surface area contributed by atoms with Crippen LogP contribution in [0.2, 0.25) is 0 Å². The lowest BCUT2D eigenvalue weighted by Crippen LogP contribution is -2.52. The average molecular weight is 391 g/mol. The Balaban J connectivity index is 2.38. The van der Waals surface area contributed by atoms with Gasteiger partial charge >= 0.3 is 5.97 Å². The molecule has 156 valence electrons. The lowest BCUT2D eigenvalue weighted by atomic mass is 9.79. The van der Waals surface area contributed by atoms with Gasteiger partial charge in [-0.05, 0) is 50.2 Å². The maximum absolute atomic E-state index is 13.1. The quantitative estimate of drug-likeness (QED) is 0.709. The van der Waals surface area contributed by atoms with E-state index in [0.29, 0.717) is 25.3 Å². The Labute approximate surface area is 167 Å². The number of nitrogens with zero attached hydrogens (tertiary/aromatic N) is 1. The van der Waals surface area contributed by atoms with Crippen molar-refractivity contribution < 1.29 is 14.7 Å². The Morgan fingerprint density at radius 1 is 1.25 bits per heavy atom. The SMILES string of the molecule is CCc1c(C)cc(C(=O)NC2(CC(=O)O)CCCCC2)c(=O)n1CCC(C)C. The molecule has 2 rings (SSSR count). The molecule has 0 saturated heterocycles. The van der Waals surface area contributed by atoms with Crippen LogP contribution in [0.3, 0.4) is 0 Å². The Bertz CT molecular complexity index is 773. The Kier molecular flexibility index (Phi) is 7.44. The largest absolute Gasteiger partial charge is 0.481 e. The summed E-state index contributed by atoms with van der Waals surface area (Å²) in [5.74, 6) is -0.915. The van der Waals surface area contributed by atoms with Gasteiger partial charge in [0.2, 0.25) is 0 Å². The molecule has 6 nitrogen and oxygen atoms in total. The van der Waals surface area contributed by atoms with E-state index in [1.165, 1.54) is 0 Å². The molecule has 0 spiro atoms. The van der Waals surface area contributed by atoms with Gasteiger partial charge in [-0.3, -0.25) is 14.4 Å². The molecule has 1 aliphatic carbocycles. The fourth-order valence-corrected chi connectivity index (χ4v) is 4.27. The molecule has 0 atom stereocenters. The second-order valence-electron chi connectivity index (χ2n) is 8.55. The van der Waals surface area contributed by atoms with Crippen LogP contribution in [-0.4, -0.2) is 27.1 Å². The molecule has 2 N–H and O–H groups in total. The van der Waals surface area contributed by atoms with Crippen molar-refractivity contribution in [2.75, 3.05) is 0 Å². The first-order chi connectivity index (χ1) is 13.2. The predicted octanol–water partition coefficient (Wildman–Crippen LogP) is 3.67. The summed E-state index contributed by atoms with van der Waals surface area (Å²) >= 11 is 0. The maximum Gasteiger partial charge on any atom is 0.305 e. The summed E-state index contributed by atoms with van der Waals surface area (Å²) in [5, 5.41) is 12.3. The van der Waals surface area contributed by atoms with Crippen LogP contribution in [0.25, 0.3) is 0 Å². The van der Waals surface area contributed by atoms with Gasteiger partial charge in [0, 0.05) is 12.2 Å². The van der Waals surface area contributed by atoms with Gasteiger partial charge in [-0.25, -0.2) is 0 Å². The topological polar surface area (TPSA) is 88.4 Å². The minimum atomic E-state index is -0.922. The molecule has 1 aromatic rings. The summed E-state index contributed by atoms with van der Waals surface area (Å²) in [6.07, 6.45) is 5.58. The van der Waals surface area contributed by atoms with Crippen molar-refractivity contribution in [3.8, 4) is 0 Å². The summed E-state index contributed by atoms with van der Waals surface area (Å²) < 4.78 is 1.73. The van der Waals surface area contributed by atoms with Crippen molar-refractivity contribution in [1.82, 2.24) is 9.88 Å². The normalized spacial score (nSPS) is 16.2. The molecule has 1 saturated carbocycles. The van der Waals surface area contributed by atoms with Gasteiger partial charge in [-0.1, -0.05) is 40.0 Å². The highest BCUT2D eigenvalue weighted by Gasteiger charge is 2.36. The van der Waals surface area contributed by atoms with Gasteiger partial charge in [0.25, 0.3) is 11.5 Å². The van der Waals surface area contributed by atoms with Crippen LogP contribution in [0.4, 0.5) is 0 Å². The molecule has 1 fully saturated rings. The van der Waals surface area contributed by atoms with Crippen molar-refractivity contribution in [2.24, 2.45) is 5.92 Å². The summed E-state index contributed by atoms with van der Waals surface area (Å²) in [6, 6.07) is 1.67. The molecule has 0 bridgehead atoms. The Hall–Kier alpha value is -2.11. The minimum absolute atomic E-state index is 0.105. The first-order valence-corrected chi connectivity index (χ1v) is 10.5. The summed E-state index contributed by atoms with van der Waals surface area (Å²) in [7, 11) is 0. The van der Waals surface area contributed by atoms with E-state index in [9.17, 15) is 19.5 Å². The second-order valence-corrected chi connectivity index (χ2v) is 8.55. The fraction of sp³-hybridized carbons (Fsp3) is 0.682. The van der Waals surface area contributed by atoms with Crippen LogP contribution in [-0.2, 0) is 17.8 Å². The van der Waals surface area contributed by atoms with Crippen LogP contribution >= 0.6 is 0 Å². The van der Waals surface area contributed by atoms with Gasteiger partial charge in [-0.2, -0.15) is 0 Å². The zero-order valence-electron chi connectivity index (χ0n) is 17.6. The zero-order valence-corrected chi connectivity index (χ0v) is 17.6. The highest BCUT2D eigenvalue weighted by molar-refractivity contribution is 5.95. The number of hydrogen-bond donors (Lipinski definition) is 2. The van der Waals surface area contributed by atoms with Gasteiger partial charge < -0.3 is 15.0 Å². The number of carbonyl (C=O) groups is 2. The van der Waals surface area contributed by atoms with Gasteiger partial charge in [0.15, 0.2) is 0 Å². The third-order valence-corrected chi connectivity index (χ3v) is 5.81. The summed E-state index contributed by atoms with van der Waals surface area (Å²) in [4.78, 5) is 37.5. The van der Waals surface area contributed by atoms with E-state index in [1.807, 2.05) is 13.8 Å². The molecular formula is C22H34N2O4. The van der Waals surface area contributed by atoms with E-state index in [0.717, 1.165) is 43.4 Å². The number of carboxylic acids is 1. The molecular weight excluding hydrogens is 356 g/mol. The van der Waals surface area contributed by atoms with Crippen molar-refractivity contribution >= 4 is 11.9 Å². The van der Waals surface area contributed by atoms with Crippen molar-refractivity contribution in [3.05, 3.63) is 33.2 Å². The van der Waals surface area contributed by atoms with Crippen LogP contribution in [0, 0.1) is 12.8 Å². The van der Waals surface area contributed by atoms with Gasteiger partial charge in [0.1, 0.15) is 5.56 Å². The molecule has 0 radical (unpaired) electrons. The van der Waals surface area contributed by atoms with Crippen molar-refractivity contribution in [1.29, 1.82) is 0 Å². The predicted molar refractivity (Wildman–Crippen MR) is 110 cm³/mol. The van der Waals surface area contributed by atoms with Crippen LogP contribution in [0.5, 0.6) is 0 Å². The van der Waals surface area contributed by atoms with Crippen molar-refractivity contribution in [2.45, 2.75) is 91.1 Å². The monoisotopic (exact) mass is 390 g/mol. The van der Waals surface area contributed by atoms with Crippen LogP contribution < -0.4 is 10.9 Å². The first-order valence-electron chi connectivity index (χ1n) is 10.5. The smallest absolute Gasteiger partial charge is 0.305 e. The van der Waals surface area contributed by atoms with E-state index in [4.69, 9.17) is 0 Å². The molecule has 0 aliphatic heterocycles. The number of nitrogens with one attached hydrogen (secondary N) is 1. The number of aromatic nitrogens is 1. The van der Waals surface area contributed by atoms with Crippen LogP contribution in [0.15, 0.2) is 10.9 Å². The lowest BCUT2D eigenvalue weighted by molar-refractivity contribution is -0.139. The van der Waals surface area contributed by atoms with Crippen LogP contribution in [0.1, 0.15) is 87.3 Å². The molecule has 1 heterocycles. The summed E-state index contributed by atoms with van der Waals surface area (Å²) in [6.45, 7) is 8.74. The van der Waals surface area contributed by atoms with E-state index >= 15 is 0 Å². The van der Waals surface area contributed by atoms with E-state index < -0.39 is 17.4 Å². The average Bonchev–Trinajstić information content (AvgIpc) is 2.61. The number of amides is 1. The summed E-state index contributed by atoms with van der Waals surface area (Å²) in [5.41, 5.74) is 0.969. The number of aliphatic carboxylic acids is 1. The van der Waals surface area contributed by atoms with E-state index in [-0.39, 0.29) is 17.5 Å². The number of rotatable bonds is 8. The second kappa shape index (κ2) is 9.39. The zero-order chi connectivity index (χ0) is 20.9. The Morgan fingerprint density at radius 2 is 1.89 bits per heavy atom. The molecule has 1 amide bonds. The number of aryl methyl sites for hydroxylation is 1. The molecule has 0 aromatic carbocycles. The van der Waals surface area contributed by atoms with Gasteiger partial charge in [-0.15, -0.1) is 0 Å². The Morgan fingerprint density at radius 3 is 2.43 bits per heavy atom. The van der Waals surface area contributed by atoms with E-state index in [2.05, 4.69) is 19.2 Å². The molecule has 1 aliphatic rings. The number of carboxylic acid groups (broad SMARTS) is 1. The third-order valence-electron chi connectivity index (χ3n) is 5.81. The third kappa shape index (κ3) is 5.24.